The SMILES string of the molecule is C=C1C(=O)N([C@H]2CCCC[C@H](CO)C2)CCN1/C=C(\C(=O)CO)C(=O)NCc1ccc(F)cc1F. The lowest BCUT2D eigenvalue weighted by Crippen LogP contribution is -2.51. The fourth-order valence-corrected chi connectivity index (χ4v) is 4.55. The van der Waals surface area contributed by atoms with Crippen molar-refractivity contribution in [2.45, 2.75) is 44.7 Å². The maximum atomic E-state index is 13.9. The van der Waals surface area contributed by atoms with Gasteiger partial charge in [-0.15, -0.1) is 0 Å². The summed E-state index contributed by atoms with van der Waals surface area (Å²) in [7, 11) is 0. The van der Waals surface area contributed by atoms with E-state index in [1.807, 2.05) is 0 Å². The van der Waals surface area contributed by atoms with Gasteiger partial charge >= 0.3 is 0 Å². The molecule has 2 aliphatic rings. The van der Waals surface area contributed by atoms with Crippen LogP contribution in [0.25, 0.3) is 0 Å². The van der Waals surface area contributed by atoms with Crippen LogP contribution in [0.2, 0.25) is 0 Å². The number of rotatable bonds is 8. The molecular formula is C25H31F2N3O5. The van der Waals surface area contributed by atoms with Gasteiger partial charge in [0, 0.05) is 50.1 Å². The molecule has 0 radical (unpaired) electrons. The van der Waals surface area contributed by atoms with Gasteiger partial charge in [0.25, 0.3) is 11.8 Å². The van der Waals surface area contributed by atoms with E-state index < -0.39 is 35.5 Å². The number of Topliss-reactive ketones (excluding diaryl/α,β-unsaturated/α-hetero) is 1. The second-order valence-electron chi connectivity index (χ2n) is 8.90. The lowest BCUT2D eigenvalue weighted by Gasteiger charge is -2.40. The number of nitrogens with one attached hydrogen (secondary N) is 1. The Morgan fingerprint density at radius 3 is 2.60 bits per heavy atom. The van der Waals surface area contributed by atoms with E-state index in [9.17, 15) is 33.4 Å². The summed E-state index contributed by atoms with van der Waals surface area (Å²) in [5, 5.41) is 21.3. The molecule has 1 aromatic carbocycles. The maximum Gasteiger partial charge on any atom is 0.270 e. The van der Waals surface area contributed by atoms with Gasteiger partial charge in [-0.05, 0) is 31.2 Å². The van der Waals surface area contributed by atoms with E-state index in [2.05, 4.69) is 11.9 Å². The zero-order valence-corrected chi connectivity index (χ0v) is 19.5. The number of carbonyl (C=O) groups is 3. The van der Waals surface area contributed by atoms with Crippen molar-refractivity contribution >= 4 is 17.6 Å². The number of benzene rings is 1. The van der Waals surface area contributed by atoms with Crippen LogP contribution in [0.3, 0.4) is 0 Å². The smallest absolute Gasteiger partial charge is 0.270 e. The summed E-state index contributed by atoms with van der Waals surface area (Å²) in [5.41, 5.74) is -0.303. The van der Waals surface area contributed by atoms with Gasteiger partial charge in [0.1, 0.15) is 23.8 Å². The molecule has 10 heteroatoms. The number of ketones is 1. The molecule has 2 fully saturated rings. The Hall–Kier alpha value is -3.11. The van der Waals surface area contributed by atoms with Gasteiger partial charge in [-0.25, -0.2) is 8.78 Å². The highest BCUT2D eigenvalue weighted by Crippen LogP contribution is 2.29. The molecule has 190 valence electrons. The van der Waals surface area contributed by atoms with E-state index in [1.54, 1.807) is 4.90 Å². The molecule has 3 N–H and O–H groups in total. The first-order valence-electron chi connectivity index (χ1n) is 11.7. The maximum absolute atomic E-state index is 13.9. The van der Waals surface area contributed by atoms with Gasteiger partial charge in [0.05, 0.1) is 5.70 Å². The molecular weight excluding hydrogens is 460 g/mol. The number of hydrogen-bond donors (Lipinski definition) is 3. The van der Waals surface area contributed by atoms with Crippen LogP contribution in [0.4, 0.5) is 8.78 Å². The predicted octanol–water partition coefficient (Wildman–Crippen LogP) is 1.63. The summed E-state index contributed by atoms with van der Waals surface area (Å²) < 4.78 is 27.0. The highest BCUT2D eigenvalue weighted by molar-refractivity contribution is 6.19. The number of aliphatic hydroxyl groups is 2. The second kappa shape index (κ2) is 12.0. The highest BCUT2D eigenvalue weighted by atomic mass is 19.1. The van der Waals surface area contributed by atoms with Gasteiger partial charge in [0.2, 0.25) is 0 Å². The summed E-state index contributed by atoms with van der Waals surface area (Å²) in [6.45, 7) is 3.32. The van der Waals surface area contributed by atoms with E-state index in [-0.39, 0.29) is 48.8 Å². The largest absolute Gasteiger partial charge is 0.396 e. The standard InChI is InChI=1S/C25H31F2N3O5/c1-16-25(35)30(20-5-3-2-4-17(10-20)14-31)9-8-29(16)13-21(23(33)15-32)24(34)28-12-18-6-7-19(26)11-22(18)27/h6-7,11,13,17,20,31-32H,1-5,8-10,12,14-15H2,(H,28,34)/b21-13+/t17-,20-/m0/s1. The van der Waals surface area contributed by atoms with E-state index in [1.165, 1.54) is 17.2 Å². The van der Waals surface area contributed by atoms with Crippen molar-refractivity contribution in [3.8, 4) is 0 Å². The van der Waals surface area contributed by atoms with Gasteiger partial charge in [-0.1, -0.05) is 25.5 Å². The first-order valence-corrected chi connectivity index (χ1v) is 11.7. The highest BCUT2D eigenvalue weighted by Gasteiger charge is 2.34. The summed E-state index contributed by atoms with van der Waals surface area (Å²) in [6, 6.07) is 2.89. The lowest BCUT2D eigenvalue weighted by atomic mass is 9.97. The summed E-state index contributed by atoms with van der Waals surface area (Å²) in [5.74, 6) is -3.53. The number of hydrogen-bond acceptors (Lipinski definition) is 6. The molecule has 8 nitrogen and oxygen atoms in total. The monoisotopic (exact) mass is 491 g/mol. The van der Waals surface area contributed by atoms with E-state index in [0.29, 0.717) is 19.0 Å². The number of halogens is 2. The fraction of sp³-hybridized carbons (Fsp3) is 0.480. The Balaban J connectivity index is 1.71. The van der Waals surface area contributed by atoms with Gasteiger partial charge < -0.3 is 25.3 Å². The summed E-state index contributed by atoms with van der Waals surface area (Å²) in [4.78, 5) is 41.2. The molecule has 1 saturated carbocycles. The topological polar surface area (TPSA) is 110 Å². The molecule has 0 aromatic heterocycles. The fourth-order valence-electron chi connectivity index (χ4n) is 4.55. The van der Waals surface area contributed by atoms with Crippen LogP contribution in [0.15, 0.2) is 42.2 Å². The predicted molar refractivity (Wildman–Crippen MR) is 123 cm³/mol. The van der Waals surface area contributed by atoms with E-state index in [0.717, 1.165) is 31.7 Å². The molecule has 0 bridgehead atoms. The minimum absolute atomic E-state index is 0.0162. The number of piperazine rings is 1. The van der Waals surface area contributed by atoms with Crippen molar-refractivity contribution in [3.05, 3.63) is 59.4 Å². The van der Waals surface area contributed by atoms with Crippen molar-refractivity contribution in [2.24, 2.45) is 5.92 Å². The first kappa shape index (κ1) is 26.5. The van der Waals surface area contributed by atoms with E-state index >= 15 is 0 Å². The molecule has 2 amide bonds. The average Bonchev–Trinajstić information content (AvgIpc) is 3.09. The normalized spacial score (nSPS) is 21.7. The number of carbonyl (C=O) groups excluding carboxylic acids is 3. The quantitative estimate of drug-likeness (QED) is 0.221. The van der Waals surface area contributed by atoms with Gasteiger partial charge in [0.15, 0.2) is 5.78 Å². The molecule has 1 aliphatic heterocycles. The van der Waals surface area contributed by atoms with Crippen molar-refractivity contribution in [1.29, 1.82) is 0 Å². The summed E-state index contributed by atoms with van der Waals surface area (Å²) in [6.07, 6.45) is 5.61. The number of nitrogens with zero attached hydrogens (tertiary/aromatic N) is 2. The molecule has 0 spiro atoms. The molecule has 1 aromatic rings. The van der Waals surface area contributed by atoms with Crippen molar-refractivity contribution < 1.29 is 33.4 Å². The minimum atomic E-state index is -0.935. The minimum Gasteiger partial charge on any atom is -0.396 e. The molecule has 35 heavy (non-hydrogen) atoms. The zero-order valence-electron chi connectivity index (χ0n) is 19.5. The molecule has 1 saturated heterocycles. The van der Waals surface area contributed by atoms with Crippen LogP contribution < -0.4 is 5.32 Å². The van der Waals surface area contributed by atoms with Crippen molar-refractivity contribution in [3.63, 3.8) is 0 Å². The van der Waals surface area contributed by atoms with Crippen LogP contribution in [-0.2, 0) is 20.9 Å². The van der Waals surface area contributed by atoms with Crippen molar-refractivity contribution in [2.75, 3.05) is 26.3 Å². The van der Waals surface area contributed by atoms with E-state index in [4.69, 9.17) is 0 Å². The zero-order chi connectivity index (χ0) is 25.5. The molecule has 1 aliphatic carbocycles. The first-order chi connectivity index (χ1) is 16.7. The Morgan fingerprint density at radius 2 is 1.91 bits per heavy atom. The van der Waals surface area contributed by atoms with Crippen LogP contribution in [0, 0.1) is 17.6 Å². The lowest BCUT2D eigenvalue weighted by molar-refractivity contribution is -0.134. The molecule has 1 heterocycles. The number of amides is 2. The van der Waals surface area contributed by atoms with Crippen LogP contribution >= 0.6 is 0 Å². The third-order valence-corrected chi connectivity index (χ3v) is 6.57. The molecule has 3 rings (SSSR count). The summed E-state index contributed by atoms with van der Waals surface area (Å²) >= 11 is 0. The molecule has 2 atom stereocenters. The Kier molecular flexibility index (Phi) is 9.11. The Morgan fingerprint density at radius 1 is 1.17 bits per heavy atom. The number of aliphatic hydroxyl groups excluding tert-OH is 2. The van der Waals surface area contributed by atoms with Crippen LogP contribution in [0.5, 0.6) is 0 Å². The van der Waals surface area contributed by atoms with Crippen molar-refractivity contribution in [1.82, 2.24) is 15.1 Å². The second-order valence-corrected chi connectivity index (χ2v) is 8.90. The Bertz CT molecular complexity index is 1010. The van der Waals surface area contributed by atoms with Gasteiger partial charge in [-0.3, -0.25) is 14.4 Å². The third kappa shape index (κ3) is 6.52. The van der Waals surface area contributed by atoms with Crippen LogP contribution in [0.1, 0.15) is 37.7 Å². The van der Waals surface area contributed by atoms with Crippen LogP contribution in [-0.4, -0.2) is 70.0 Å². The third-order valence-electron chi connectivity index (χ3n) is 6.57. The Labute approximate surface area is 202 Å². The average molecular weight is 492 g/mol. The molecule has 0 unspecified atom stereocenters. The van der Waals surface area contributed by atoms with Gasteiger partial charge in [-0.2, -0.15) is 0 Å².